The first kappa shape index (κ1) is 16.6. The van der Waals surface area contributed by atoms with Gasteiger partial charge in [-0.1, -0.05) is 62.4 Å². The minimum absolute atomic E-state index is 0.107. The van der Waals surface area contributed by atoms with Crippen LogP contribution in [0.2, 0.25) is 0 Å². The number of rotatable bonds is 5. The van der Waals surface area contributed by atoms with Crippen molar-refractivity contribution in [1.82, 2.24) is 5.32 Å². The number of hydrogen-bond donors (Lipinski definition) is 1. The van der Waals surface area contributed by atoms with E-state index in [0.29, 0.717) is 18.0 Å². The molecule has 118 valence electrons. The fraction of sp³-hybridized carbons (Fsp3) is 0.333. The van der Waals surface area contributed by atoms with Crippen LogP contribution in [0, 0.1) is 5.92 Å². The SMILES string of the molecule is CC(C)C(NCc1cccc(C(F)(F)F)c1)c1ccccc1. The van der Waals surface area contributed by atoms with Gasteiger partial charge in [-0.15, -0.1) is 0 Å². The first-order valence-corrected chi connectivity index (χ1v) is 7.32. The van der Waals surface area contributed by atoms with E-state index in [1.165, 1.54) is 12.1 Å². The summed E-state index contributed by atoms with van der Waals surface area (Å²) in [6.07, 6.45) is -4.30. The smallest absolute Gasteiger partial charge is 0.306 e. The van der Waals surface area contributed by atoms with E-state index in [0.717, 1.165) is 11.6 Å². The van der Waals surface area contributed by atoms with Gasteiger partial charge in [0.2, 0.25) is 0 Å². The molecule has 2 aromatic rings. The van der Waals surface area contributed by atoms with Crippen LogP contribution < -0.4 is 5.32 Å². The van der Waals surface area contributed by atoms with Crippen molar-refractivity contribution in [3.8, 4) is 0 Å². The predicted octanol–water partition coefficient (Wildman–Crippen LogP) is 5.19. The van der Waals surface area contributed by atoms with Crippen molar-refractivity contribution in [2.45, 2.75) is 32.6 Å². The van der Waals surface area contributed by atoms with Gasteiger partial charge in [0.05, 0.1) is 5.56 Å². The molecule has 0 heterocycles. The Bertz CT molecular complexity index is 591. The molecule has 4 heteroatoms. The van der Waals surface area contributed by atoms with Crippen LogP contribution >= 0.6 is 0 Å². The Morgan fingerprint density at radius 3 is 2.23 bits per heavy atom. The highest BCUT2D eigenvalue weighted by molar-refractivity contribution is 5.26. The summed E-state index contributed by atoms with van der Waals surface area (Å²) in [5.41, 5.74) is 1.17. The van der Waals surface area contributed by atoms with Gasteiger partial charge in [-0.05, 0) is 23.1 Å². The van der Waals surface area contributed by atoms with Gasteiger partial charge in [-0.25, -0.2) is 0 Å². The maximum Gasteiger partial charge on any atom is 0.416 e. The Morgan fingerprint density at radius 1 is 0.955 bits per heavy atom. The van der Waals surface area contributed by atoms with Gasteiger partial charge in [0.1, 0.15) is 0 Å². The number of benzene rings is 2. The van der Waals surface area contributed by atoms with Gasteiger partial charge < -0.3 is 5.32 Å². The summed E-state index contributed by atoms with van der Waals surface area (Å²) < 4.78 is 38.2. The minimum atomic E-state index is -4.30. The molecular formula is C18H20F3N. The van der Waals surface area contributed by atoms with Crippen LogP contribution in [-0.4, -0.2) is 0 Å². The molecule has 0 spiro atoms. The van der Waals surface area contributed by atoms with Crippen molar-refractivity contribution in [2.75, 3.05) is 0 Å². The Balaban J connectivity index is 2.11. The van der Waals surface area contributed by atoms with Crippen molar-refractivity contribution >= 4 is 0 Å². The molecule has 0 bridgehead atoms. The van der Waals surface area contributed by atoms with Crippen LogP contribution in [0.4, 0.5) is 13.2 Å². The van der Waals surface area contributed by atoms with E-state index >= 15 is 0 Å². The van der Waals surface area contributed by atoms with Crippen molar-refractivity contribution < 1.29 is 13.2 Å². The summed E-state index contributed by atoms with van der Waals surface area (Å²) in [6.45, 7) is 4.59. The van der Waals surface area contributed by atoms with E-state index in [9.17, 15) is 13.2 Å². The highest BCUT2D eigenvalue weighted by Crippen LogP contribution is 2.30. The summed E-state index contributed by atoms with van der Waals surface area (Å²) in [7, 11) is 0. The van der Waals surface area contributed by atoms with E-state index < -0.39 is 11.7 Å². The highest BCUT2D eigenvalue weighted by atomic mass is 19.4. The van der Waals surface area contributed by atoms with E-state index in [4.69, 9.17) is 0 Å². The van der Waals surface area contributed by atoms with Crippen molar-refractivity contribution in [1.29, 1.82) is 0 Å². The van der Waals surface area contributed by atoms with Gasteiger partial charge >= 0.3 is 6.18 Å². The second-order valence-corrected chi connectivity index (χ2v) is 5.71. The zero-order valence-corrected chi connectivity index (χ0v) is 12.7. The molecule has 1 nitrogen and oxygen atoms in total. The van der Waals surface area contributed by atoms with Crippen LogP contribution in [0.1, 0.15) is 36.6 Å². The fourth-order valence-electron chi connectivity index (χ4n) is 2.48. The lowest BCUT2D eigenvalue weighted by molar-refractivity contribution is -0.137. The topological polar surface area (TPSA) is 12.0 Å². The zero-order valence-electron chi connectivity index (χ0n) is 12.7. The molecule has 1 N–H and O–H groups in total. The first-order valence-electron chi connectivity index (χ1n) is 7.32. The van der Waals surface area contributed by atoms with Gasteiger partial charge in [-0.3, -0.25) is 0 Å². The van der Waals surface area contributed by atoms with Crippen LogP contribution in [-0.2, 0) is 12.7 Å². The molecule has 0 aliphatic carbocycles. The molecule has 0 aliphatic heterocycles. The normalized spacial score (nSPS) is 13.4. The molecule has 22 heavy (non-hydrogen) atoms. The number of halogens is 3. The van der Waals surface area contributed by atoms with Gasteiger partial charge in [0.15, 0.2) is 0 Å². The summed E-state index contributed by atoms with van der Waals surface area (Å²) in [4.78, 5) is 0. The van der Waals surface area contributed by atoms with Crippen molar-refractivity contribution in [2.24, 2.45) is 5.92 Å². The Labute approximate surface area is 129 Å². The standard InChI is InChI=1S/C18H20F3N/c1-13(2)17(15-8-4-3-5-9-15)22-12-14-7-6-10-16(11-14)18(19,20)21/h3-11,13,17,22H,12H2,1-2H3. The second kappa shape index (κ2) is 6.97. The van der Waals surface area contributed by atoms with E-state index in [-0.39, 0.29) is 6.04 Å². The number of hydrogen-bond acceptors (Lipinski definition) is 1. The van der Waals surface area contributed by atoms with Crippen LogP contribution in [0.5, 0.6) is 0 Å². The van der Waals surface area contributed by atoms with Gasteiger partial charge in [0, 0.05) is 12.6 Å². The molecule has 0 saturated carbocycles. The van der Waals surface area contributed by atoms with Crippen LogP contribution in [0.3, 0.4) is 0 Å². The number of nitrogens with one attached hydrogen (secondary N) is 1. The third-order valence-corrected chi connectivity index (χ3v) is 3.61. The molecule has 0 amide bonds. The Morgan fingerprint density at radius 2 is 1.64 bits per heavy atom. The lowest BCUT2D eigenvalue weighted by Gasteiger charge is -2.23. The second-order valence-electron chi connectivity index (χ2n) is 5.71. The molecule has 0 aromatic heterocycles. The average Bonchev–Trinajstić information content (AvgIpc) is 2.48. The van der Waals surface area contributed by atoms with E-state index in [2.05, 4.69) is 19.2 Å². The average molecular weight is 307 g/mol. The largest absolute Gasteiger partial charge is 0.416 e. The third kappa shape index (κ3) is 4.34. The quantitative estimate of drug-likeness (QED) is 0.801. The molecule has 0 saturated heterocycles. The minimum Gasteiger partial charge on any atom is -0.306 e. The third-order valence-electron chi connectivity index (χ3n) is 3.61. The maximum atomic E-state index is 12.7. The first-order chi connectivity index (χ1) is 10.4. The summed E-state index contributed by atoms with van der Waals surface area (Å²) in [5.74, 6) is 0.341. The van der Waals surface area contributed by atoms with Gasteiger partial charge in [0.25, 0.3) is 0 Å². The van der Waals surface area contributed by atoms with E-state index in [1.54, 1.807) is 6.07 Å². The molecule has 1 atom stereocenters. The lowest BCUT2D eigenvalue weighted by Crippen LogP contribution is -2.25. The molecule has 0 fully saturated rings. The molecule has 0 aliphatic rings. The molecule has 2 aromatic carbocycles. The molecule has 2 rings (SSSR count). The van der Waals surface area contributed by atoms with Crippen molar-refractivity contribution in [3.05, 3.63) is 71.3 Å². The maximum absolute atomic E-state index is 12.7. The van der Waals surface area contributed by atoms with Crippen LogP contribution in [0.15, 0.2) is 54.6 Å². The zero-order chi connectivity index (χ0) is 16.2. The summed E-state index contributed by atoms with van der Waals surface area (Å²) in [5, 5.41) is 3.36. The number of alkyl halides is 3. The molecule has 1 unspecified atom stereocenters. The molecular weight excluding hydrogens is 287 g/mol. The predicted molar refractivity (Wildman–Crippen MR) is 82.3 cm³/mol. The Hall–Kier alpha value is -1.81. The van der Waals surface area contributed by atoms with Crippen LogP contribution in [0.25, 0.3) is 0 Å². The lowest BCUT2D eigenvalue weighted by atomic mass is 9.96. The Kier molecular flexibility index (Phi) is 5.24. The highest BCUT2D eigenvalue weighted by Gasteiger charge is 2.30. The fourth-order valence-corrected chi connectivity index (χ4v) is 2.48. The van der Waals surface area contributed by atoms with Gasteiger partial charge in [-0.2, -0.15) is 13.2 Å². The summed E-state index contributed by atoms with van der Waals surface area (Å²) in [6, 6.07) is 15.5. The summed E-state index contributed by atoms with van der Waals surface area (Å²) >= 11 is 0. The van der Waals surface area contributed by atoms with Crippen molar-refractivity contribution in [3.63, 3.8) is 0 Å². The molecule has 0 radical (unpaired) electrons. The monoisotopic (exact) mass is 307 g/mol. The van der Waals surface area contributed by atoms with E-state index in [1.807, 2.05) is 30.3 Å².